The summed E-state index contributed by atoms with van der Waals surface area (Å²) in [6, 6.07) is 19.7. The van der Waals surface area contributed by atoms with Gasteiger partial charge in [0, 0.05) is 0 Å². The van der Waals surface area contributed by atoms with Gasteiger partial charge in [-0.05, 0) is 59.2 Å². The Bertz CT molecular complexity index is 946. The second kappa shape index (κ2) is 9.36. The third-order valence-electron chi connectivity index (χ3n) is 5.05. The standard InChI is InChI=1S/C24H25FO3/c1-17(20-12-6-10-19-9-4-5-11-21(19)20)7-2-3-8-18-13-14-23(22(25)15-18)28-16-24(26)27/h4-6,9-15,17H,2-3,7-8,16H2,1H3,(H,26,27)/t17-/m0/s1. The van der Waals surface area contributed by atoms with Gasteiger partial charge in [0.15, 0.2) is 18.2 Å². The molecule has 4 heteroatoms. The number of ether oxygens (including phenoxy) is 1. The maximum Gasteiger partial charge on any atom is 0.341 e. The summed E-state index contributed by atoms with van der Waals surface area (Å²) in [5, 5.41) is 11.2. The number of carboxylic acid groups (broad SMARTS) is 1. The number of rotatable bonds is 9. The van der Waals surface area contributed by atoms with Crippen LogP contribution < -0.4 is 4.74 Å². The number of benzene rings is 3. The molecule has 3 nitrogen and oxygen atoms in total. The molecule has 0 heterocycles. The van der Waals surface area contributed by atoms with Gasteiger partial charge >= 0.3 is 5.97 Å². The smallest absolute Gasteiger partial charge is 0.341 e. The molecule has 0 fully saturated rings. The molecular formula is C24H25FO3. The van der Waals surface area contributed by atoms with E-state index < -0.39 is 18.4 Å². The maximum atomic E-state index is 14.0. The van der Waals surface area contributed by atoms with Crippen LogP contribution in [0.5, 0.6) is 5.75 Å². The van der Waals surface area contributed by atoms with Crippen LogP contribution in [0.1, 0.15) is 43.2 Å². The minimum Gasteiger partial charge on any atom is -0.479 e. The molecule has 1 N–H and O–H groups in total. The van der Waals surface area contributed by atoms with Crippen LogP contribution in [0.3, 0.4) is 0 Å². The van der Waals surface area contributed by atoms with E-state index in [1.54, 1.807) is 6.07 Å². The van der Waals surface area contributed by atoms with Crippen LogP contribution in [-0.2, 0) is 11.2 Å². The summed E-state index contributed by atoms with van der Waals surface area (Å²) in [5.41, 5.74) is 2.28. The molecule has 146 valence electrons. The van der Waals surface area contributed by atoms with Crippen LogP contribution in [0.15, 0.2) is 60.7 Å². The predicted octanol–water partition coefficient (Wildman–Crippen LogP) is 5.96. The number of hydrogen-bond acceptors (Lipinski definition) is 2. The summed E-state index contributed by atoms with van der Waals surface area (Å²) in [6.07, 6.45) is 3.90. The van der Waals surface area contributed by atoms with Gasteiger partial charge in [-0.3, -0.25) is 0 Å². The normalized spacial score (nSPS) is 12.1. The fourth-order valence-electron chi connectivity index (χ4n) is 3.57. The number of fused-ring (bicyclic) bond motifs is 1. The van der Waals surface area contributed by atoms with Gasteiger partial charge in [-0.15, -0.1) is 0 Å². The highest BCUT2D eigenvalue weighted by Crippen LogP contribution is 2.29. The molecule has 0 aliphatic heterocycles. The van der Waals surface area contributed by atoms with Crippen LogP contribution in [-0.4, -0.2) is 17.7 Å². The lowest BCUT2D eigenvalue weighted by molar-refractivity contribution is -0.139. The zero-order valence-corrected chi connectivity index (χ0v) is 16.0. The second-order valence-electron chi connectivity index (χ2n) is 7.16. The van der Waals surface area contributed by atoms with Crippen molar-refractivity contribution < 1.29 is 19.0 Å². The first-order chi connectivity index (χ1) is 13.5. The highest BCUT2D eigenvalue weighted by molar-refractivity contribution is 5.86. The lowest BCUT2D eigenvalue weighted by Gasteiger charge is -2.15. The van der Waals surface area contributed by atoms with Crippen molar-refractivity contribution in [1.82, 2.24) is 0 Å². The van der Waals surface area contributed by atoms with E-state index in [4.69, 9.17) is 9.84 Å². The largest absolute Gasteiger partial charge is 0.479 e. The Morgan fingerprint density at radius 1 is 1.07 bits per heavy atom. The minimum atomic E-state index is -1.12. The van der Waals surface area contributed by atoms with Crippen LogP contribution in [0.2, 0.25) is 0 Å². The van der Waals surface area contributed by atoms with E-state index in [2.05, 4.69) is 49.4 Å². The predicted molar refractivity (Wildman–Crippen MR) is 109 cm³/mol. The molecule has 0 aliphatic rings. The van der Waals surface area contributed by atoms with Gasteiger partial charge < -0.3 is 9.84 Å². The number of hydrogen-bond donors (Lipinski definition) is 1. The molecule has 0 saturated carbocycles. The Morgan fingerprint density at radius 2 is 1.86 bits per heavy atom. The lowest BCUT2D eigenvalue weighted by atomic mass is 9.90. The molecule has 0 radical (unpaired) electrons. The van der Waals surface area contributed by atoms with Crippen molar-refractivity contribution in [3.05, 3.63) is 77.6 Å². The molecule has 0 spiro atoms. The van der Waals surface area contributed by atoms with Crippen molar-refractivity contribution in [2.45, 2.75) is 38.5 Å². The number of unbranched alkanes of at least 4 members (excludes halogenated alkanes) is 1. The number of carboxylic acids is 1. The number of halogens is 1. The van der Waals surface area contributed by atoms with Crippen molar-refractivity contribution in [3.63, 3.8) is 0 Å². The van der Waals surface area contributed by atoms with Crippen LogP contribution in [0.4, 0.5) is 4.39 Å². The fourth-order valence-corrected chi connectivity index (χ4v) is 3.57. The highest BCUT2D eigenvalue weighted by Gasteiger charge is 2.10. The van der Waals surface area contributed by atoms with Crippen LogP contribution in [0.25, 0.3) is 10.8 Å². The topological polar surface area (TPSA) is 46.5 Å². The monoisotopic (exact) mass is 380 g/mol. The molecule has 0 amide bonds. The molecule has 0 bridgehead atoms. The van der Waals surface area contributed by atoms with Crippen molar-refractivity contribution in [2.75, 3.05) is 6.61 Å². The Balaban J connectivity index is 1.51. The highest BCUT2D eigenvalue weighted by atomic mass is 19.1. The summed E-state index contributed by atoms with van der Waals surface area (Å²) < 4.78 is 18.9. The van der Waals surface area contributed by atoms with E-state index in [0.29, 0.717) is 5.92 Å². The van der Waals surface area contributed by atoms with Crippen LogP contribution in [0, 0.1) is 5.82 Å². The molecule has 28 heavy (non-hydrogen) atoms. The number of aliphatic carboxylic acids is 1. The third kappa shape index (κ3) is 5.10. The van der Waals surface area contributed by atoms with Crippen molar-refractivity contribution >= 4 is 16.7 Å². The summed E-state index contributed by atoms with van der Waals surface area (Å²) in [7, 11) is 0. The molecule has 0 unspecified atom stereocenters. The molecule has 1 atom stereocenters. The van der Waals surface area contributed by atoms with Gasteiger partial charge in [-0.2, -0.15) is 0 Å². The summed E-state index contributed by atoms with van der Waals surface area (Å²) in [6.45, 7) is 1.72. The molecule has 0 aliphatic carbocycles. The van der Waals surface area contributed by atoms with Crippen molar-refractivity contribution in [3.8, 4) is 5.75 Å². The van der Waals surface area contributed by atoms with Crippen molar-refractivity contribution in [1.29, 1.82) is 0 Å². The van der Waals surface area contributed by atoms with Gasteiger partial charge in [-0.25, -0.2) is 9.18 Å². The van der Waals surface area contributed by atoms with E-state index in [1.807, 2.05) is 0 Å². The molecule has 3 aromatic carbocycles. The SMILES string of the molecule is C[C@@H](CCCCc1ccc(OCC(=O)O)c(F)c1)c1cccc2ccccc12. The summed E-state index contributed by atoms with van der Waals surface area (Å²) in [5.74, 6) is -1.18. The Kier molecular flexibility index (Phi) is 6.64. The molecular weight excluding hydrogens is 355 g/mol. The van der Waals surface area contributed by atoms with Crippen LogP contribution >= 0.6 is 0 Å². The third-order valence-corrected chi connectivity index (χ3v) is 5.05. The average Bonchev–Trinajstić information content (AvgIpc) is 2.69. The van der Waals surface area contributed by atoms with Gasteiger partial charge in [0.05, 0.1) is 0 Å². The van der Waals surface area contributed by atoms with E-state index in [1.165, 1.54) is 28.5 Å². The Morgan fingerprint density at radius 3 is 2.64 bits per heavy atom. The minimum absolute atomic E-state index is 0.0178. The Labute approximate surface area is 164 Å². The number of aryl methyl sites for hydroxylation is 1. The van der Waals surface area contributed by atoms with E-state index in [9.17, 15) is 9.18 Å². The van der Waals surface area contributed by atoms with Gasteiger partial charge in [0.25, 0.3) is 0 Å². The zero-order valence-electron chi connectivity index (χ0n) is 16.0. The quantitative estimate of drug-likeness (QED) is 0.466. The Hall–Kier alpha value is -2.88. The lowest BCUT2D eigenvalue weighted by Crippen LogP contribution is -2.10. The molecule has 0 saturated heterocycles. The second-order valence-corrected chi connectivity index (χ2v) is 7.16. The zero-order chi connectivity index (χ0) is 19.9. The average molecular weight is 380 g/mol. The van der Waals surface area contributed by atoms with E-state index in [0.717, 1.165) is 31.2 Å². The van der Waals surface area contributed by atoms with Gasteiger partial charge in [0.1, 0.15) is 0 Å². The summed E-state index contributed by atoms with van der Waals surface area (Å²) in [4.78, 5) is 10.5. The van der Waals surface area contributed by atoms with E-state index in [-0.39, 0.29) is 5.75 Å². The van der Waals surface area contributed by atoms with E-state index >= 15 is 0 Å². The first kappa shape index (κ1) is 19.9. The first-order valence-corrected chi connectivity index (χ1v) is 9.65. The number of carbonyl (C=O) groups is 1. The molecule has 0 aromatic heterocycles. The van der Waals surface area contributed by atoms with Gasteiger partial charge in [0.2, 0.25) is 0 Å². The molecule has 3 aromatic rings. The first-order valence-electron chi connectivity index (χ1n) is 9.65. The van der Waals surface area contributed by atoms with Gasteiger partial charge in [-0.1, -0.05) is 61.9 Å². The summed E-state index contributed by atoms with van der Waals surface area (Å²) >= 11 is 0. The fraction of sp³-hybridized carbons (Fsp3) is 0.292. The maximum absolute atomic E-state index is 14.0. The molecule has 3 rings (SSSR count). The van der Waals surface area contributed by atoms with Crippen molar-refractivity contribution in [2.24, 2.45) is 0 Å².